The van der Waals surface area contributed by atoms with E-state index < -0.39 is 12.0 Å². The molecule has 17 heavy (non-hydrogen) atoms. The largest absolute Gasteiger partial charge is 0.480 e. The molecule has 0 saturated carbocycles. The first-order valence-electron chi connectivity index (χ1n) is 5.79. The monoisotopic (exact) mass is 257 g/mol. The predicted molar refractivity (Wildman–Crippen MR) is 68.9 cm³/mol. The van der Waals surface area contributed by atoms with E-state index in [1.54, 1.807) is 11.8 Å². The fourth-order valence-corrected chi connectivity index (χ4v) is 3.36. The van der Waals surface area contributed by atoms with Crippen molar-refractivity contribution in [2.45, 2.75) is 45.0 Å². The number of nitrogens with zero attached hydrogens (tertiary/aromatic N) is 1. The third-order valence-corrected chi connectivity index (χ3v) is 3.94. The number of amides is 1. The maximum Gasteiger partial charge on any atom is 0.327 e. The molecule has 1 aliphatic heterocycles. The molecule has 1 rings (SSSR count). The number of allylic oxidation sites excluding steroid dienone is 1. The lowest BCUT2D eigenvalue weighted by atomic mass is 10.2. The summed E-state index contributed by atoms with van der Waals surface area (Å²) >= 11 is 1.56. The SMILES string of the molecule is CCC[C@@H]1SC[C@H](C(=O)O)N1C(=O)C=C(C)C. The highest BCUT2D eigenvalue weighted by atomic mass is 32.2. The Kier molecular flexibility index (Phi) is 5.05. The Bertz CT molecular complexity index is 337. The van der Waals surface area contributed by atoms with Gasteiger partial charge < -0.3 is 10.0 Å². The second kappa shape index (κ2) is 6.10. The molecule has 0 spiro atoms. The maximum absolute atomic E-state index is 12.0. The zero-order chi connectivity index (χ0) is 13.0. The summed E-state index contributed by atoms with van der Waals surface area (Å²) in [7, 11) is 0. The van der Waals surface area contributed by atoms with Crippen LogP contribution in [0.25, 0.3) is 0 Å². The van der Waals surface area contributed by atoms with E-state index >= 15 is 0 Å². The van der Waals surface area contributed by atoms with Crippen molar-refractivity contribution in [1.82, 2.24) is 4.90 Å². The summed E-state index contributed by atoms with van der Waals surface area (Å²) in [6, 6.07) is -0.681. The predicted octanol–water partition coefficient (Wildman–Crippen LogP) is 2.11. The van der Waals surface area contributed by atoms with Crippen molar-refractivity contribution in [3.63, 3.8) is 0 Å². The van der Waals surface area contributed by atoms with Gasteiger partial charge in [-0.15, -0.1) is 11.8 Å². The van der Waals surface area contributed by atoms with Gasteiger partial charge in [-0.2, -0.15) is 0 Å². The Morgan fingerprint density at radius 2 is 2.12 bits per heavy atom. The third-order valence-electron chi connectivity index (χ3n) is 2.58. The number of carboxylic acid groups (broad SMARTS) is 1. The molecule has 0 aromatic heterocycles. The Morgan fingerprint density at radius 1 is 1.47 bits per heavy atom. The highest BCUT2D eigenvalue weighted by Gasteiger charge is 2.40. The Hall–Kier alpha value is -0.970. The van der Waals surface area contributed by atoms with E-state index in [0.717, 1.165) is 18.4 Å². The number of carboxylic acids is 1. The number of aliphatic carboxylic acids is 1. The van der Waals surface area contributed by atoms with Crippen LogP contribution in [0.15, 0.2) is 11.6 Å². The van der Waals surface area contributed by atoms with Gasteiger partial charge in [-0.3, -0.25) is 4.79 Å². The maximum atomic E-state index is 12.0. The molecule has 5 heteroatoms. The van der Waals surface area contributed by atoms with Crippen LogP contribution < -0.4 is 0 Å². The number of carbonyl (C=O) groups is 2. The van der Waals surface area contributed by atoms with Crippen LogP contribution in [0.4, 0.5) is 0 Å². The van der Waals surface area contributed by atoms with Crippen molar-refractivity contribution in [1.29, 1.82) is 0 Å². The summed E-state index contributed by atoms with van der Waals surface area (Å²) in [4.78, 5) is 24.7. The second-order valence-electron chi connectivity index (χ2n) is 4.40. The fourth-order valence-electron chi connectivity index (χ4n) is 1.84. The highest BCUT2D eigenvalue weighted by Crippen LogP contribution is 2.32. The number of hydrogen-bond donors (Lipinski definition) is 1. The molecule has 0 radical (unpaired) electrons. The summed E-state index contributed by atoms with van der Waals surface area (Å²) in [6.07, 6.45) is 3.31. The lowest BCUT2D eigenvalue weighted by Crippen LogP contribution is -2.44. The minimum atomic E-state index is -0.911. The van der Waals surface area contributed by atoms with Crippen LogP contribution in [0.5, 0.6) is 0 Å². The summed E-state index contributed by atoms with van der Waals surface area (Å²) in [5.74, 6) is -0.602. The topological polar surface area (TPSA) is 57.6 Å². The van der Waals surface area contributed by atoms with Crippen molar-refractivity contribution in [2.75, 3.05) is 5.75 Å². The minimum Gasteiger partial charge on any atom is -0.480 e. The zero-order valence-corrected chi connectivity index (χ0v) is 11.3. The normalized spacial score (nSPS) is 23.6. The molecule has 1 saturated heterocycles. The van der Waals surface area contributed by atoms with Gasteiger partial charge in [0, 0.05) is 11.8 Å². The average molecular weight is 257 g/mol. The van der Waals surface area contributed by atoms with Crippen LogP contribution in [0, 0.1) is 0 Å². The van der Waals surface area contributed by atoms with E-state index in [-0.39, 0.29) is 11.3 Å². The van der Waals surface area contributed by atoms with Crippen LogP contribution in [-0.2, 0) is 9.59 Å². The van der Waals surface area contributed by atoms with E-state index in [2.05, 4.69) is 0 Å². The standard InChI is InChI=1S/C12H19NO3S/c1-4-5-11-13(10(14)6-8(2)3)9(7-17-11)12(15)16/h6,9,11H,4-5,7H2,1-3H3,(H,15,16)/t9-,11+/m1/s1. The van der Waals surface area contributed by atoms with E-state index in [0.29, 0.717) is 5.75 Å². The molecule has 1 fully saturated rings. The summed E-state index contributed by atoms with van der Waals surface area (Å²) < 4.78 is 0. The minimum absolute atomic E-state index is 0.00389. The molecule has 1 aliphatic rings. The van der Waals surface area contributed by atoms with Gasteiger partial charge in [-0.25, -0.2) is 4.79 Å². The van der Waals surface area contributed by atoms with Crippen molar-refractivity contribution in [3.8, 4) is 0 Å². The summed E-state index contributed by atoms with van der Waals surface area (Å²) in [6.45, 7) is 5.72. The Morgan fingerprint density at radius 3 is 2.59 bits per heavy atom. The number of thioether (sulfide) groups is 1. The Labute approximate surface area is 106 Å². The lowest BCUT2D eigenvalue weighted by Gasteiger charge is -2.26. The lowest BCUT2D eigenvalue weighted by molar-refractivity contribution is -0.147. The summed E-state index contributed by atoms with van der Waals surface area (Å²) in [5, 5.41) is 9.13. The zero-order valence-electron chi connectivity index (χ0n) is 10.5. The van der Waals surface area contributed by atoms with Crippen molar-refractivity contribution in [2.24, 2.45) is 0 Å². The molecule has 0 aromatic carbocycles. The van der Waals surface area contributed by atoms with E-state index in [1.165, 1.54) is 11.0 Å². The quantitative estimate of drug-likeness (QED) is 0.784. The number of rotatable bonds is 4. The molecule has 2 atom stereocenters. The highest BCUT2D eigenvalue weighted by molar-refractivity contribution is 8.00. The smallest absolute Gasteiger partial charge is 0.327 e. The van der Waals surface area contributed by atoms with Crippen LogP contribution in [-0.4, -0.2) is 39.1 Å². The first-order valence-corrected chi connectivity index (χ1v) is 6.83. The van der Waals surface area contributed by atoms with Crippen LogP contribution in [0.3, 0.4) is 0 Å². The number of carbonyl (C=O) groups excluding carboxylic acids is 1. The number of hydrogen-bond acceptors (Lipinski definition) is 3. The van der Waals surface area contributed by atoms with Crippen LogP contribution in [0.2, 0.25) is 0 Å². The molecule has 1 amide bonds. The van der Waals surface area contributed by atoms with Gasteiger partial charge in [-0.1, -0.05) is 18.9 Å². The van der Waals surface area contributed by atoms with Gasteiger partial charge in [-0.05, 0) is 20.3 Å². The average Bonchev–Trinajstić information content (AvgIpc) is 2.61. The van der Waals surface area contributed by atoms with E-state index in [9.17, 15) is 9.59 Å². The third kappa shape index (κ3) is 3.49. The molecule has 96 valence electrons. The molecule has 0 aliphatic carbocycles. The molecular formula is C12H19NO3S. The molecule has 0 aromatic rings. The van der Waals surface area contributed by atoms with Gasteiger partial charge >= 0.3 is 5.97 Å². The molecule has 0 bridgehead atoms. The molecule has 1 heterocycles. The second-order valence-corrected chi connectivity index (χ2v) is 5.61. The van der Waals surface area contributed by atoms with E-state index in [4.69, 9.17) is 5.11 Å². The van der Waals surface area contributed by atoms with Crippen LogP contribution in [0.1, 0.15) is 33.6 Å². The molecular weight excluding hydrogens is 238 g/mol. The first-order chi connectivity index (χ1) is 7.97. The van der Waals surface area contributed by atoms with Gasteiger partial charge in [0.2, 0.25) is 5.91 Å². The molecule has 1 N–H and O–H groups in total. The van der Waals surface area contributed by atoms with Crippen molar-refractivity contribution < 1.29 is 14.7 Å². The first kappa shape index (κ1) is 14.1. The fraction of sp³-hybridized carbons (Fsp3) is 0.667. The van der Waals surface area contributed by atoms with Gasteiger partial charge in [0.25, 0.3) is 0 Å². The Balaban J connectivity index is 2.89. The van der Waals surface area contributed by atoms with Gasteiger partial charge in [0.15, 0.2) is 0 Å². The molecule has 0 unspecified atom stereocenters. The van der Waals surface area contributed by atoms with Gasteiger partial charge in [0.1, 0.15) is 6.04 Å². The van der Waals surface area contributed by atoms with Crippen LogP contribution >= 0.6 is 11.8 Å². The van der Waals surface area contributed by atoms with E-state index in [1.807, 2.05) is 20.8 Å². The van der Waals surface area contributed by atoms with Gasteiger partial charge in [0.05, 0.1) is 5.37 Å². The summed E-state index contributed by atoms with van der Waals surface area (Å²) in [5.41, 5.74) is 0.895. The van der Waals surface area contributed by atoms with Crippen molar-refractivity contribution in [3.05, 3.63) is 11.6 Å². The van der Waals surface area contributed by atoms with Crippen molar-refractivity contribution >= 4 is 23.6 Å². The molecule has 4 nitrogen and oxygen atoms in total.